The molecular weight excluding hydrogens is 236 g/mol. The average Bonchev–Trinajstić information content (AvgIpc) is 2.34. The van der Waals surface area contributed by atoms with Crippen LogP contribution in [0.25, 0.3) is 0 Å². The molecule has 0 saturated heterocycles. The van der Waals surface area contributed by atoms with E-state index >= 15 is 0 Å². The highest BCUT2D eigenvalue weighted by Crippen LogP contribution is 2.17. The van der Waals surface area contributed by atoms with Crippen molar-refractivity contribution in [3.63, 3.8) is 0 Å². The molecule has 0 heterocycles. The van der Waals surface area contributed by atoms with Crippen molar-refractivity contribution in [3.8, 4) is 0 Å². The molecule has 2 nitrogen and oxygen atoms in total. The van der Waals surface area contributed by atoms with Gasteiger partial charge in [-0.25, -0.2) is 0 Å². The Balaban J connectivity index is 3.82. The molecule has 0 amide bonds. The first-order chi connectivity index (χ1) is 8.99. The van der Waals surface area contributed by atoms with Gasteiger partial charge < -0.3 is 9.84 Å². The molecule has 116 valence electrons. The fourth-order valence-corrected chi connectivity index (χ4v) is 2.23. The van der Waals surface area contributed by atoms with E-state index in [4.69, 9.17) is 4.74 Å². The van der Waals surface area contributed by atoms with Crippen LogP contribution in [0.1, 0.15) is 91.9 Å². The molecule has 2 heteroatoms. The quantitative estimate of drug-likeness (QED) is 0.474. The summed E-state index contributed by atoms with van der Waals surface area (Å²) < 4.78 is 5.91. The predicted molar refractivity (Wildman–Crippen MR) is 83.6 cm³/mol. The van der Waals surface area contributed by atoms with E-state index in [9.17, 15) is 5.11 Å². The Hall–Kier alpha value is -0.0800. The zero-order valence-corrected chi connectivity index (χ0v) is 13.7. The van der Waals surface area contributed by atoms with E-state index < -0.39 is 5.60 Å². The summed E-state index contributed by atoms with van der Waals surface area (Å²) >= 11 is 0. The second-order valence-corrected chi connectivity index (χ2v) is 6.44. The summed E-state index contributed by atoms with van der Waals surface area (Å²) in [5, 5.41) is 9.75. The van der Waals surface area contributed by atoms with Gasteiger partial charge >= 0.3 is 0 Å². The van der Waals surface area contributed by atoms with Gasteiger partial charge in [-0.05, 0) is 26.7 Å². The number of unbranched alkanes of at least 4 members (excludes halogenated alkanes) is 6. The predicted octanol–water partition coefficient (Wildman–Crippen LogP) is 5.08. The van der Waals surface area contributed by atoms with E-state index in [0.29, 0.717) is 12.7 Å². The van der Waals surface area contributed by atoms with E-state index in [1.54, 1.807) is 0 Å². The van der Waals surface area contributed by atoms with Gasteiger partial charge in [-0.2, -0.15) is 0 Å². The third kappa shape index (κ3) is 14.1. The van der Waals surface area contributed by atoms with E-state index in [1.165, 1.54) is 51.4 Å². The highest BCUT2D eigenvalue weighted by atomic mass is 16.5. The van der Waals surface area contributed by atoms with Gasteiger partial charge in [0.2, 0.25) is 0 Å². The van der Waals surface area contributed by atoms with E-state index in [0.717, 1.165) is 12.8 Å². The normalized spacial score (nSPS) is 13.7. The topological polar surface area (TPSA) is 29.5 Å². The van der Waals surface area contributed by atoms with E-state index in [2.05, 4.69) is 13.8 Å². The number of rotatable bonds is 13. The molecule has 1 atom stereocenters. The molecule has 0 aliphatic carbocycles. The van der Waals surface area contributed by atoms with Crippen molar-refractivity contribution in [2.24, 2.45) is 0 Å². The van der Waals surface area contributed by atoms with E-state index in [-0.39, 0.29) is 0 Å². The smallest absolute Gasteiger partial charge is 0.0824 e. The van der Waals surface area contributed by atoms with Crippen LogP contribution in [0.4, 0.5) is 0 Å². The summed E-state index contributed by atoms with van der Waals surface area (Å²) in [7, 11) is 0. The minimum atomic E-state index is -0.703. The lowest BCUT2D eigenvalue weighted by molar-refractivity contribution is -0.0584. The maximum atomic E-state index is 9.75. The summed E-state index contributed by atoms with van der Waals surface area (Å²) in [5.74, 6) is 0. The third-order valence-corrected chi connectivity index (χ3v) is 3.43. The Morgan fingerprint density at radius 3 is 1.84 bits per heavy atom. The van der Waals surface area contributed by atoms with Gasteiger partial charge in [0.25, 0.3) is 0 Å². The van der Waals surface area contributed by atoms with Crippen LogP contribution < -0.4 is 0 Å². The van der Waals surface area contributed by atoms with Crippen LogP contribution in [0, 0.1) is 0 Å². The van der Waals surface area contributed by atoms with Gasteiger partial charge in [0.15, 0.2) is 0 Å². The van der Waals surface area contributed by atoms with Gasteiger partial charge in [-0.15, -0.1) is 0 Å². The average molecular weight is 272 g/mol. The summed E-state index contributed by atoms with van der Waals surface area (Å²) in [5.41, 5.74) is -0.703. The first kappa shape index (κ1) is 18.9. The van der Waals surface area contributed by atoms with Crippen molar-refractivity contribution in [1.82, 2.24) is 0 Å². The van der Waals surface area contributed by atoms with Crippen molar-refractivity contribution >= 4 is 0 Å². The molecule has 0 fully saturated rings. The summed E-state index contributed by atoms with van der Waals surface area (Å²) in [6.45, 7) is 8.57. The molecule has 0 radical (unpaired) electrons. The van der Waals surface area contributed by atoms with Gasteiger partial charge in [0.1, 0.15) is 0 Å². The van der Waals surface area contributed by atoms with Crippen molar-refractivity contribution in [2.45, 2.75) is 104 Å². The zero-order chi connectivity index (χ0) is 14.6. The summed E-state index contributed by atoms with van der Waals surface area (Å²) in [4.78, 5) is 0. The maximum Gasteiger partial charge on any atom is 0.0824 e. The lowest BCUT2D eigenvalue weighted by Crippen LogP contribution is -2.29. The monoisotopic (exact) mass is 272 g/mol. The molecule has 0 spiro atoms. The fraction of sp³-hybridized carbons (Fsp3) is 1.00. The molecule has 0 saturated carbocycles. The SMILES string of the molecule is CCCCCCCC(CCCCC)OCC(C)(C)O. The lowest BCUT2D eigenvalue weighted by Gasteiger charge is -2.23. The van der Waals surface area contributed by atoms with Crippen LogP contribution in [-0.2, 0) is 4.74 Å². The Morgan fingerprint density at radius 1 is 0.842 bits per heavy atom. The van der Waals surface area contributed by atoms with Crippen LogP contribution in [0.3, 0.4) is 0 Å². The molecule has 0 rings (SSSR count). The molecule has 19 heavy (non-hydrogen) atoms. The van der Waals surface area contributed by atoms with Crippen molar-refractivity contribution in [2.75, 3.05) is 6.61 Å². The van der Waals surface area contributed by atoms with Crippen molar-refractivity contribution < 1.29 is 9.84 Å². The molecule has 1 N–H and O–H groups in total. The molecule has 0 aliphatic rings. The highest BCUT2D eigenvalue weighted by molar-refractivity contribution is 4.67. The Morgan fingerprint density at radius 2 is 1.32 bits per heavy atom. The van der Waals surface area contributed by atoms with Crippen LogP contribution in [0.15, 0.2) is 0 Å². The van der Waals surface area contributed by atoms with Crippen molar-refractivity contribution in [3.05, 3.63) is 0 Å². The van der Waals surface area contributed by atoms with Gasteiger partial charge in [0, 0.05) is 0 Å². The minimum Gasteiger partial charge on any atom is -0.388 e. The van der Waals surface area contributed by atoms with Crippen LogP contribution in [0.5, 0.6) is 0 Å². The standard InChI is InChI=1S/C17H36O2/c1-5-7-9-10-12-14-16(13-11-8-6-2)19-15-17(3,4)18/h16,18H,5-15H2,1-4H3. The summed E-state index contributed by atoms with van der Waals surface area (Å²) in [6.07, 6.45) is 13.0. The van der Waals surface area contributed by atoms with Gasteiger partial charge in [-0.1, -0.05) is 65.2 Å². The number of hydrogen-bond donors (Lipinski definition) is 1. The number of aliphatic hydroxyl groups is 1. The first-order valence-electron chi connectivity index (χ1n) is 8.33. The van der Waals surface area contributed by atoms with Gasteiger partial charge in [-0.3, -0.25) is 0 Å². The number of ether oxygens (including phenoxy) is 1. The zero-order valence-electron chi connectivity index (χ0n) is 13.7. The molecule has 1 unspecified atom stereocenters. The largest absolute Gasteiger partial charge is 0.388 e. The molecule has 0 aromatic heterocycles. The molecule has 0 aromatic rings. The van der Waals surface area contributed by atoms with E-state index in [1.807, 2.05) is 13.8 Å². The second kappa shape index (κ2) is 11.7. The second-order valence-electron chi connectivity index (χ2n) is 6.44. The Kier molecular flexibility index (Phi) is 11.7. The summed E-state index contributed by atoms with van der Waals surface area (Å²) in [6, 6.07) is 0. The highest BCUT2D eigenvalue weighted by Gasteiger charge is 2.16. The Labute approximate surface area is 120 Å². The molecule has 0 bridgehead atoms. The van der Waals surface area contributed by atoms with Gasteiger partial charge in [0.05, 0.1) is 18.3 Å². The fourth-order valence-electron chi connectivity index (χ4n) is 2.23. The molecular formula is C17H36O2. The lowest BCUT2D eigenvalue weighted by atomic mass is 10.0. The Bertz CT molecular complexity index is 184. The minimum absolute atomic E-state index is 0.347. The first-order valence-corrected chi connectivity index (χ1v) is 8.33. The molecule has 0 aliphatic heterocycles. The number of hydrogen-bond acceptors (Lipinski definition) is 2. The van der Waals surface area contributed by atoms with Crippen LogP contribution >= 0.6 is 0 Å². The molecule has 0 aromatic carbocycles. The maximum absolute atomic E-state index is 9.75. The van der Waals surface area contributed by atoms with Crippen molar-refractivity contribution in [1.29, 1.82) is 0 Å². The third-order valence-electron chi connectivity index (χ3n) is 3.43. The van der Waals surface area contributed by atoms with Crippen LogP contribution in [-0.4, -0.2) is 23.4 Å². The van der Waals surface area contributed by atoms with Crippen LogP contribution in [0.2, 0.25) is 0 Å².